The number of nitrogens with zero attached hydrogens (tertiary/aromatic N) is 1. The van der Waals surface area contributed by atoms with Gasteiger partial charge in [-0.1, -0.05) is 95.4 Å². The summed E-state index contributed by atoms with van der Waals surface area (Å²) in [6, 6.07) is 9.04. The molecule has 0 aliphatic carbocycles. The predicted molar refractivity (Wildman–Crippen MR) is 108 cm³/mol. The van der Waals surface area contributed by atoms with Crippen LogP contribution in [0.2, 0.25) is 0 Å². The van der Waals surface area contributed by atoms with Crippen molar-refractivity contribution < 1.29 is 4.48 Å². The summed E-state index contributed by atoms with van der Waals surface area (Å²) in [6.07, 6.45) is 16.9. The molecule has 1 nitrogen and oxygen atoms in total. The predicted octanol–water partition coefficient (Wildman–Crippen LogP) is 6.75. The summed E-state index contributed by atoms with van der Waals surface area (Å²) < 4.78 is 1.01. The summed E-state index contributed by atoms with van der Waals surface area (Å²) in [5, 5.41) is 0. The minimum Gasteiger partial charge on any atom is -0.327 e. The highest BCUT2D eigenvalue weighted by atomic mass is 15.3. The smallest absolute Gasteiger partial charge is 0.104 e. The number of unbranched alkanes of at least 4 members (excludes halogenated alkanes) is 10. The van der Waals surface area contributed by atoms with Crippen molar-refractivity contribution in [3.8, 4) is 0 Å². The van der Waals surface area contributed by atoms with Crippen LogP contribution in [-0.2, 0) is 13.0 Å². The van der Waals surface area contributed by atoms with Crippen LogP contribution >= 0.6 is 0 Å². The molecule has 0 aromatic heterocycles. The molecule has 1 heteroatoms. The molecule has 0 heterocycles. The highest BCUT2D eigenvalue weighted by molar-refractivity contribution is 5.26. The molecule has 0 atom stereocenters. The maximum absolute atomic E-state index is 2.33. The van der Waals surface area contributed by atoms with Gasteiger partial charge in [-0.15, -0.1) is 0 Å². The van der Waals surface area contributed by atoms with Gasteiger partial charge in [0.1, 0.15) is 6.54 Å². The van der Waals surface area contributed by atoms with E-state index in [9.17, 15) is 0 Å². The molecule has 0 radical (unpaired) electrons. The molecule has 1 aromatic rings. The molecular weight excluding hydrogens is 290 g/mol. The van der Waals surface area contributed by atoms with Gasteiger partial charge >= 0.3 is 0 Å². The van der Waals surface area contributed by atoms with Gasteiger partial charge in [-0.25, -0.2) is 0 Å². The molecule has 0 aliphatic rings. The first-order chi connectivity index (χ1) is 11.5. The van der Waals surface area contributed by atoms with E-state index in [0.717, 1.165) is 11.0 Å². The van der Waals surface area contributed by atoms with Crippen LogP contribution in [0, 0.1) is 0 Å². The molecule has 0 bridgehead atoms. The average molecular weight is 333 g/mol. The van der Waals surface area contributed by atoms with E-state index >= 15 is 0 Å². The van der Waals surface area contributed by atoms with Crippen molar-refractivity contribution in [1.82, 2.24) is 0 Å². The zero-order valence-corrected chi connectivity index (χ0v) is 16.9. The van der Waals surface area contributed by atoms with E-state index < -0.39 is 0 Å². The van der Waals surface area contributed by atoms with Gasteiger partial charge in [0.05, 0.1) is 21.1 Å². The SMILES string of the molecule is CCCCCCCCCCCCCc1ccccc1C[N+](C)(C)C. The van der Waals surface area contributed by atoms with E-state index in [4.69, 9.17) is 0 Å². The summed E-state index contributed by atoms with van der Waals surface area (Å²) >= 11 is 0. The van der Waals surface area contributed by atoms with Crippen LogP contribution in [-0.4, -0.2) is 25.6 Å². The van der Waals surface area contributed by atoms with E-state index in [1.54, 1.807) is 5.56 Å². The lowest BCUT2D eigenvalue weighted by atomic mass is 9.99. The minimum absolute atomic E-state index is 1.01. The van der Waals surface area contributed by atoms with Crippen molar-refractivity contribution >= 4 is 0 Å². The van der Waals surface area contributed by atoms with Gasteiger partial charge in [0.15, 0.2) is 0 Å². The molecule has 0 saturated carbocycles. The lowest BCUT2D eigenvalue weighted by Gasteiger charge is -2.25. The van der Waals surface area contributed by atoms with Gasteiger partial charge < -0.3 is 4.48 Å². The number of aryl methyl sites for hydroxylation is 1. The fraction of sp³-hybridized carbons (Fsp3) is 0.739. The molecule has 1 rings (SSSR count). The van der Waals surface area contributed by atoms with E-state index in [1.807, 2.05) is 0 Å². The second-order valence-corrected chi connectivity index (χ2v) is 8.50. The van der Waals surface area contributed by atoms with Crippen LogP contribution in [0.1, 0.15) is 88.7 Å². The standard InChI is InChI=1S/C23H42N/c1-5-6-7-8-9-10-11-12-13-14-15-18-22-19-16-17-20-23(22)21-24(2,3)4/h16-17,19-20H,5-15,18,21H2,1-4H3/q+1. The van der Waals surface area contributed by atoms with Crippen molar-refractivity contribution in [3.05, 3.63) is 35.4 Å². The topological polar surface area (TPSA) is 0 Å². The van der Waals surface area contributed by atoms with E-state index in [-0.39, 0.29) is 0 Å². The highest BCUT2D eigenvalue weighted by Gasteiger charge is 2.11. The molecule has 1 aromatic carbocycles. The quantitative estimate of drug-likeness (QED) is 0.261. The Morgan fingerprint density at radius 1 is 0.625 bits per heavy atom. The Hall–Kier alpha value is -0.820. The molecule has 0 saturated heterocycles. The Labute approximate surface area is 152 Å². The van der Waals surface area contributed by atoms with Crippen LogP contribution in [0.25, 0.3) is 0 Å². The van der Waals surface area contributed by atoms with Gasteiger partial charge in [-0.3, -0.25) is 0 Å². The van der Waals surface area contributed by atoms with Gasteiger partial charge in [-0.05, 0) is 18.4 Å². The zero-order chi connectivity index (χ0) is 17.7. The maximum atomic E-state index is 2.33. The normalized spacial score (nSPS) is 11.8. The average Bonchev–Trinajstić information content (AvgIpc) is 2.52. The Bertz CT molecular complexity index is 416. The largest absolute Gasteiger partial charge is 0.327 e. The van der Waals surface area contributed by atoms with Crippen LogP contribution < -0.4 is 0 Å². The monoisotopic (exact) mass is 332 g/mol. The van der Waals surface area contributed by atoms with E-state index in [1.165, 1.54) is 82.6 Å². The van der Waals surface area contributed by atoms with Crippen molar-refractivity contribution in [2.45, 2.75) is 90.5 Å². The number of hydrogen-bond donors (Lipinski definition) is 0. The maximum Gasteiger partial charge on any atom is 0.104 e. The van der Waals surface area contributed by atoms with Crippen molar-refractivity contribution in [2.75, 3.05) is 21.1 Å². The Morgan fingerprint density at radius 3 is 1.58 bits per heavy atom. The highest BCUT2D eigenvalue weighted by Crippen LogP contribution is 2.17. The Morgan fingerprint density at radius 2 is 1.08 bits per heavy atom. The first-order valence-corrected chi connectivity index (χ1v) is 10.4. The third kappa shape index (κ3) is 10.9. The molecule has 0 amide bonds. The van der Waals surface area contributed by atoms with Crippen LogP contribution in [0.5, 0.6) is 0 Å². The number of rotatable bonds is 14. The number of quaternary nitrogens is 1. The summed E-state index contributed by atoms with van der Waals surface area (Å²) in [5.74, 6) is 0. The molecule has 138 valence electrons. The Balaban J connectivity index is 2.09. The van der Waals surface area contributed by atoms with Crippen LogP contribution in [0.15, 0.2) is 24.3 Å². The number of hydrogen-bond acceptors (Lipinski definition) is 0. The molecular formula is C23H42N+. The first kappa shape index (κ1) is 21.2. The zero-order valence-electron chi connectivity index (χ0n) is 16.9. The molecule has 0 spiro atoms. The van der Waals surface area contributed by atoms with Crippen LogP contribution in [0.3, 0.4) is 0 Å². The number of benzene rings is 1. The van der Waals surface area contributed by atoms with Gasteiger partial charge in [0.25, 0.3) is 0 Å². The molecule has 0 fully saturated rings. The molecule has 0 aliphatic heterocycles. The second-order valence-electron chi connectivity index (χ2n) is 8.50. The third-order valence-electron chi connectivity index (χ3n) is 4.81. The van der Waals surface area contributed by atoms with Crippen LogP contribution in [0.4, 0.5) is 0 Å². The van der Waals surface area contributed by atoms with Crippen molar-refractivity contribution in [1.29, 1.82) is 0 Å². The summed E-state index contributed by atoms with van der Waals surface area (Å²) in [5.41, 5.74) is 3.11. The van der Waals surface area contributed by atoms with E-state index in [0.29, 0.717) is 0 Å². The summed E-state index contributed by atoms with van der Waals surface area (Å²) in [7, 11) is 6.83. The fourth-order valence-electron chi connectivity index (χ4n) is 3.45. The van der Waals surface area contributed by atoms with Gasteiger partial charge in [0.2, 0.25) is 0 Å². The molecule has 0 unspecified atom stereocenters. The second kappa shape index (κ2) is 12.5. The third-order valence-corrected chi connectivity index (χ3v) is 4.81. The lowest BCUT2D eigenvalue weighted by Crippen LogP contribution is -2.33. The lowest BCUT2D eigenvalue weighted by molar-refractivity contribution is -0.884. The van der Waals surface area contributed by atoms with Gasteiger partial charge in [-0.2, -0.15) is 0 Å². The van der Waals surface area contributed by atoms with Crippen molar-refractivity contribution in [3.63, 3.8) is 0 Å². The van der Waals surface area contributed by atoms with E-state index in [2.05, 4.69) is 52.3 Å². The summed E-state index contributed by atoms with van der Waals surface area (Å²) in [4.78, 5) is 0. The minimum atomic E-state index is 1.01. The fourth-order valence-corrected chi connectivity index (χ4v) is 3.45. The van der Waals surface area contributed by atoms with Gasteiger partial charge in [0, 0.05) is 5.56 Å². The Kier molecular flexibility index (Phi) is 11.1. The molecule has 0 N–H and O–H groups in total. The summed E-state index contributed by atoms with van der Waals surface area (Å²) in [6.45, 7) is 3.43. The first-order valence-electron chi connectivity index (χ1n) is 10.4. The molecule has 24 heavy (non-hydrogen) atoms. The van der Waals surface area contributed by atoms with Crippen molar-refractivity contribution in [2.24, 2.45) is 0 Å².